The minimum absolute atomic E-state index is 0.566. The van der Waals surface area contributed by atoms with Gasteiger partial charge in [0, 0.05) is 11.4 Å². The summed E-state index contributed by atoms with van der Waals surface area (Å²) in [5.74, 6) is 0.566. The summed E-state index contributed by atoms with van der Waals surface area (Å²) in [7, 11) is 0. The zero-order valence-electron chi connectivity index (χ0n) is 27.5. The first kappa shape index (κ1) is 29.5. The molecule has 8 aromatic carbocycles. The topological polar surface area (TPSA) is 41.9 Å². The Morgan fingerprint density at radius 3 is 1.62 bits per heavy atom. The van der Waals surface area contributed by atoms with Crippen LogP contribution in [0.5, 0.6) is 0 Å². The molecule has 0 amide bonds. The summed E-state index contributed by atoms with van der Waals surface area (Å²) in [4.78, 5) is 15.4. The van der Waals surface area contributed by atoms with Gasteiger partial charge in [0.2, 0.25) is 5.95 Å². The molecule has 0 saturated heterocycles. The highest BCUT2D eigenvalue weighted by molar-refractivity contribution is 6.33. The number of hydrogen-bond acceptors (Lipinski definition) is 4. The van der Waals surface area contributed by atoms with Crippen LogP contribution in [-0.2, 0) is 0 Å². The van der Waals surface area contributed by atoms with Gasteiger partial charge in [-0.25, -0.2) is 15.0 Å². The summed E-state index contributed by atoms with van der Waals surface area (Å²) in [5.41, 5.74) is 10.3. The summed E-state index contributed by atoms with van der Waals surface area (Å²) in [5, 5.41) is 7.25. The zero-order valence-corrected chi connectivity index (χ0v) is 27.5. The Hall–Kier alpha value is -6.65. The van der Waals surface area contributed by atoms with Crippen molar-refractivity contribution in [2.75, 3.05) is 4.90 Å². The van der Waals surface area contributed by atoms with Crippen LogP contribution in [0.15, 0.2) is 176 Å². The lowest BCUT2D eigenvalue weighted by molar-refractivity contribution is 1.01. The van der Waals surface area contributed by atoms with Gasteiger partial charge in [0.25, 0.3) is 0 Å². The van der Waals surface area contributed by atoms with Crippen LogP contribution in [-0.4, -0.2) is 15.0 Å². The maximum Gasteiger partial charge on any atom is 0.237 e. The van der Waals surface area contributed by atoms with Crippen molar-refractivity contribution < 1.29 is 0 Å². The number of rotatable bonds is 6. The third-order valence-corrected chi connectivity index (χ3v) is 9.55. The van der Waals surface area contributed by atoms with Crippen molar-refractivity contribution in [1.29, 1.82) is 0 Å². The lowest BCUT2D eigenvalue weighted by Crippen LogP contribution is -2.13. The Kier molecular flexibility index (Phi) is 7.33. The molecule has 0 spiro atoms. The fourth-order valence-corrected chi connectivity index (χ4v) is 7.30. The molecule has 0 aliphatic heterocycles. The largest absolute Gasteiger partial charge is 0.279 e. The van der Waals surface area contributed by atoms with Crippen LogP contribution in [0.1, 0.15) is 5.56 Å². The molecule has 0 aliphatic carbocycles. The van der Waals surface area contributed by atoms with E-state index in [1.54, 1.807) is 12.7 Å². The van der Waals surface area contributed by atoms with E-state index < -0.39 is 0 Å². The SMILES string of the molecule is Cc1ccc(N(c2ccc3c(c2)c2ccccc2c2c(-c4ccccc4)cc(-c4ccccc4)c(-c4ccccc4)c32)c2ncncn2)cc1. The van der Waals surface area contributed by atoms with Crippen LogP contribution >= 0.6 is 0 Å². The van der Waals surface area contributed by atoms with Gasteiger partial charge in [0.1, 0.15) is 12.7 Å². The normalized spacial score (nSPS) is 11.3. The van der Waals surface area contributed by atoms with Crippen LogP contribution in [0.2, 0.25) is 0 Å². The van der Waals surface area contributed by atoms with Gasteiger partial charge in [-0.2, -0.15) is 0 Å². The highest BCUT2D eigenvalue weighted by Gasteiger charge is 2.23. The van der Waals surface area contributed by atoms with Crippen molar-refractivity contribution in [2.24, 2.45) is 0 Å². The maximum absolute atomic E-state index is 4.59. The quantitative estimate of drug-likeness (QED) is 0.170. The predicted octanol–water partition coefficient (Wildman–Crippen LogP) is 12.1. The van der Waals surface area contributed by atoms with Gasteiger partial charge in [0.15, 0.2) is 0 Å². The molecule has 0 N–H and O–H groups in total. The molecule has 1 heterocycles. The van der Waals surface area contributed by atoms with Crippen LogP contribution in [0.4, 0.5) is 17.3 Å². The van der Waals surface area contributed by atoms with E-state index in [0.29, 0.717) is 5.95 Å². The number of nitrogens with zero attached hydrogens (tertiary/aromatic N) is 4. The Balaban J connectivity index is 1.46. The van der Waals surface area contributed by atoms with E-state index >= 15 is 0 Å². The average molecular weight is 641 g/mol. The highest BCUT2D eigenvalue weighted by atomic mass is 15.3. The number of benzene rings is 8. The molecule has 0 bridgehead atoms. The van der Waals surface area contributed by atoms with E-state index in [1.807, 2.05) is 0 Å². The molecule has 0 aliphatic rings. The van der Waals surface area contributed by atoms with E-state index in [4.69, 9.17) is 0 Å². The average Bonchev–Trinajstić information content (AvgIpc) is 3.19. The molecule has 50 heavy (non-hydrogen) atoms. The molecule has 4 heteroatoms. The Bertz CT molecular complexity index is 2620. The second-order valence-corrected chi connectivity index (χ2v) is 12.6. The van der Waals surface area contributed by atoms with Crippen molar-refractivity contribution in [3.05, 3.63) is 182 Å². The van der Waals surface area contributed by atoms with Crippen LogP contribution < -0.4 is 4.90 Å². The van der Waals surface area contributed by atoms with Gasteiger partial charge in [0.05, 0.1) is 0 Å². The fourth-order valence-electron chi connectivity index (χ4n) is 7.30. The number of aromatic nitrogens is 3. The summed E-state index contributed by atoms with van der Waals surface area (Å²) >= 11 is 0. The van der Waals surface area contributed by atoms with Crippen LogP contribution in [0, 0.1) is 6.92 Å². The van der Waals surface area contributed by atoms with Crippen LogP contribution in [0.3, 0.4) is 0 Å². The number of hydrogen-bond donors (Lipinski definition) is 0. The van der Waals surface area contributed by atoms with Crippen molar-refractivity contribution in [2.45, 2.75) is 6.92 Å². The number of fused-ring (bicyclic) bond motifs is 6. The maximum atomic E-state index is 4.59. The van der Waals surface area contributed by atoms with Gasteiger partial charge in [-0.3, -0.25) is 4.90 Å². The number of anilines is 3. The summed E-state index contributed by atoms with van der Waals surface area (Å²) in [6, 6.07) is 58.9. The monoisotopic (exact) mass is 640 g/mol. The molecule has 0 fully saturated rings. The molecular weight excluding hydrogens is 609 g/mol. The van der Waals surface area contributed by atoms with Crippen molar-refractivity contribution in [1.82, 2.24) is 15.0 Å². The first-order valence-corrected chi connectivity index (χ1v) is 16.8. The smallest absolute Gasteiger partial charge is 0.237 e. The predicted molar refractivity (Wildman–Crippen MR) is 208 cm³/mol. The van der Waals surface area contributed by atoms with Crippen molar-refractivity contribution in [3.63, 3.8) is 0 Å². The molecule has 0 atom stereocenters. The summed E-state index contributed by atoms with van der Waals surface area (Å²) < 4.78 is 0. The van der Waals surface area contributed by atoms with Gasteiger partial charge in [-0.15, -0.1) is 0 Å². The molecule has 0 radical (unpaired) electrons. The van der Waals surface area contributed by atoms with E-state index in [-0.39, 0.29) is 0 Å². The Labute approximate surface area is 291 Å². The lowest BCUT2D eigenvalue weighted by Gasteiger charge is -2.25. The molecule has 0 saturated carbocycles. The Morgan fingerprint density at radius 1 is 0.420 bits per heavy atom. The van der Waals surface area contributed by atoms with Crippen molar-refractivity contribution in [3.8, 4) is 33.4 Å². The molecule has 4 nitrogen and oxygen atoms in total. The van der Waals surface area contributed by atoms with Crippen LogP contribution in [0.25, 0.3) is 65.7 Å². The second kappa shape index (κ2) is 12.4. The lowest BCUT2D eigenvalue weighted by atomic mass is 9.81. The third kappa shape index (κ3) is 5.06. The minimum atomic E-state index is 0.566. The fraction of sp³-hybridized carbons (Fsp3) is 0.0217. The first-order valence-electron chi connectivity index (χ1n) is 16.8. The zero-order chi connectivity index (χ0) is 33.4. The summed E-state index contributed by atoms with van der Waals surface area (Å²) in [6.07, 6.45) is 3.10. The third-order valence-electron chi connectivity index (χ3n) is 9.55. The second-order valence-electron chi connectivity index (χ2n) is 12.6. The van der Waals surface area contributed by atoms with Gasteiger partial charge >= 0.3 is 0 Å². The van der Waals surface area contributed by atoms with E-state index in [9.17, 15) is 0 Å². The summed E-state index contributed by atoms with van der Waals surface area (Å²) in [6.45, 7) is 2.10. The molecule has 9 rings (SSSR count). The molecule has 1 aromatic heterocycles. The van der Waals surface area contributed by atoms with E-state index in [1.165, 1.54) is 65.9 Å². The first-order chi connectivity index (χ1) is 24.7. The molecule has 236 valence electrons. The van der Waals surface area contributed by atoms with Gasteiger partial charge in [-0.1, -0.05) is 139 Å². The Morgan fingerprint density at radius 2 is 0.960 bits per heavy atom. The standard InChI is InChI=1S/C46H32N4/c1-31-21-23-35(24-22-31)50(46-48-29-47-30-49-46)36-25-26-39-42(27-36)37-19-11-12-20-38(37)44-41(33-15-7-3-8-16-33)28-40(32-13-5-2-6-14-32)43(45(39)44)34-17-9-4-10-18-34/h2-30H,1H3. The minimum Gasteiger partial charge on any atom is -0.279 e. The van der Waals surface area contributed by atoms with E-state index in [2.05, 4.69) is 191 Å². The van der Waals surface area contributed by atoms with Gasteiger partial charge < -0.3 is 0 Å². The molecule has 9 aromatic rings. The number of aryl methyl sites for hydroxylation is 1. The van der Waals surface area contributed by atoms with E-state index in [0.717, 1.165) is 16.8 Å². The highest BCUT2D eigenvalue weighted by Crippen LogP contribution is 2.49. The van der Waals surface area contributed by atoms with Gasteiger partial charge in [-0.05, 0) is 103 Å². The molecule has 0 unspecified atom stereocenters. The molecular formula is C46H32N4. The van der Waals surface area contributed by atoms with Crippen molar-refractivity contribution >= 4 is 49.6 Å².